The van der Waals surface area contributed by atoms with Crippen LogP contribution in [0.3, 0.4) is 0 Å². The molecule has 1 aromatic heterocycles. The lowest BCUT2D eigenvalue weighted by Gasteiger charge is -2.30. The number of benzene rings is 2. The zero-order valence-electron chi connectivity index (χ0n) is 18.6. The Morgan fingerprint density at radius 3 is 1.97 bits per heavy atom. The summed E-state index contributed by atoms with van der Waals surface area (Å²) < 4.78 is 16.2. The van der Waals surface area contributed by atoms with Crippen molar-refractivity contribution in [2.75, 3.05) is 39.3 Å². The normalized spacial score (nSPS) is 14.4. The van der Waals surface area contributed by atoms with Gasteiger partial charge in [0.2, 0.25) is 5.95 Å². The van der Waals surface area contributed by atoms with Gasteiger partial charge in [0.1, 0.15) is 5.75 Å². The summed E-state index contributed by atoms with van der Waals surface area (Å²) in [5.41, 5.74) is 3.73. The summed E-state index contributed by atoms with van der Waals surface area (Å²) in [5.74, 6) is 3.71. The highest BCUT2D eigenvalue weighted by atomic mass is 16.5. The molecule has 1 aliphatic rings. The smallest absolute Gasteiger partial charge is 0.226 e. The van der Waals surface area contributed by atoms with Gasteiger partial charge in [0, 0.05) is 24.2 Å². The van der Waals surface area contributed by atoms with Crippen molar-refractivity contribution >= 4 is 5.95 Å². The van der Waals surface area contributed by atoms with Crippen LogP contribution in [0.2, 0.25) is 0 Å². The number of nitrogens with zero attached hydrogens (tertiary/aromatic N) is 3. The zero-order chi connectivity index (χ0) is 21.8. The minimum atomic E-state index is 0.679. The van der Waals surface area contributed by atoms with E-state index in [4.69, 9.17) is 24.2 Å². The molecule has 31 heavy (non-hydrogen) atoms. The number of piperidine rings is 1. The van der Waals surface area contributed by atoms with Gasteiger partial charge in [-0.2, -0.15) is 0 Å². The van der Waals surface area contributed by atoms with Crippen molar-refractivity contribution in [2.24, 2.45) is 5.92 Å². The van der Waals surface area contributed by atoms with E-state index in [1.54, 1.807) is 21.3 Å². The van der Waals surface area contributed by atoms with Crippen molar-refractivity contribution in [1.29, 1.82) is 0 Å². The molecule has 0 unspecified atom stereocenters. The molecule has 0 spiro atoms. The Kier molecular flexibility index (Phi) is 6.26. The number of rotatable bonds is 6. The predicted octanol–water partition coefficient (Wildman–Crippen LogP) is 5.07. The molecule has 6 heteroatoms. The number of ether oxygens (including phenoxy) is 3. The van der Waals surface area contributed by atoms with E-state index in [1.165, 1.54) is 0 Å². The van der Waals surface area contributed by atoms with Crippen LogP contribution in [0.1, 0.15) is 19.8 Å². The van der Waals surface area contributed by atoms with Crippen LogP contribution in [0.25, 0.3) is 22.5 Å². The summed E-state index contributed by atoms with van der Waals surface area (Å²) >= 11 is 0. The Morgan fingerprint density at radius 1 is 0.742 bits per heavy atom. The Labute approximate surface area is 183 Å². The van der Waals surface area contributed by atoms with Crippen LogP contribution in [-0.4, -0.2) is 44.4 Å². The molecule has 0 bridgehead atoms. The third kappa shape index (κ3) is 4.58. The number of anilines is 1. The molecule has 6 nitrogen and oxygen atoms in total. The van der Waals surface area contributed by atoms with Crippen LogP contribution < -0.4 is 19.1 Å². The third-order valence-corrected chi connectivity index (χ3v) is 5.85. The molecule has 1 fully saturated rings. The van der Waals surface area contributed by atoms with Crippen LogP contribution >= 0.6 is 0 Å². The highest BCUT2D eigenvalue weighted by molar-refractivity contribution is 5.71. The van der Waals surface area contributed by atoms with E-state index < -0.39 is 0 Å². The second-order valence-corrected chi connectivity index (χ2v) is 7.91. The first kappa shape index (κ1) is 21.0. The molecule has 2 aromatic carbocycles. The van der Waals surface area contributed by atoms with Crippen LogP contribution in [-0.2, 0) is 0 Å². The molecule has 0 aliphatic carbocycles. The number of hydrogen-bond donors (Lipinski definition) is 0. The fourth-order valence-corrected chi connectivity index (χ4v) is 3.84. The van der Waals surface area contributed by atoms with Gasteiger partial charge in [-0.1, -0.05) is 6.92 Å². The quantitative estimate of drug-likeness (QED) is 0.556. The van der Waals surface area contributed by atoms with E-state index in [0.29, 0.717) is 11.5 Å². The Morgan fingerprint density at radius 2 is 1.35 bits per heavy atom. The van der Waals surface area contributed by atoms with Crippen molar-refractivity contribution in [3.05, 3.63) is 48.5 Å². The van der Waals surface area contributed by atoms with Crippen LogP contribution in [0.15, 0.2) is 48.5 Å². The maximum absolute atomic E-state index is 5.50. The summed E-state index contributed by atoms with van der Waals surface area (Å²) in [7, 11) is 4.95. The number of hydrogen-bond acceptors (Lipinski definition) is 6. The lowest BCUT2D eigenvalue weighted by atomic mass is 9.99. The molecule has 1 aliphatic heterocycles. The monoisotopic (exact) mass is 419 g/mol. The van der Waals surface area contributed by atoms with Gasteiger partial charge in [-0.3, -0.25) is 0 Å². The first-order valence-electron chi connectivity index (χ1n) is 10.6. The van der Waals surface area contributed by atoms with Gasteiger partial charge in [0.15, 0.2) is 11.5 Å². The second-order valence-electron chi connectivity index (χ2n) is 7.91. The molecule has 0 N–H and O–H groups in total. The summed E-state index contributed by atoms with van der Waals surface area (Å²) in [6.45, 7) is 4.25. The van der Waals surface area contributed by atoms with Crippen molar-refractivity contribution in [2.45, 2.75) is 19.8 Å². The largest absolute Gasteiger partial charge is 0.497 e. The Bertz CT molecular complexity index is 1030. The number of aromatic nitrogens is 2. The van der Waals surface area contributed by atoms with E-state index in [-0.39, 0.29) is 0 Å². The molecule has 3 aromatic rings. The van der Waals surface area contributed by atoms with E-state index in [0.717, 1.165) is 66.1 Å². The first-order chi connectivity index (χ1) is 15.1. The van der Waals surface area contributed by atoms with E-state index in [9.17, 15) is 0 Å². The maximum atomic E-state index is 5.50. The molecule has 2 heterocycles. The number of methoxy groups -OCH3 is 3. The van der Waals surface area contributed by atoms with Crippen molar-refractivity contribution < 1.29 is 14.2 Å². The summed E-state index contributed by atoms with van der Waals surface area (Å²) in [5, 5.41) is 0. The highest BCUT2D eigenvalue weighted by Crippen LogP contribution is 2.34. The molecule has 0 atom stereocenters. The highest BCUT2D eigenvalue weighted by Gasteiger charge is 2.20. The molecule has 0 radical (unpaired) electrons. The fraction of sp³-hybridized carbons (Fsp3) is 0.360. The van der Waals surface area contributed by atoms with Gasteiger partial charge in [-0.05, 0) is 67.3 Å². The predicted molar refractivity (Wildman–Crippen MR) is 123 cm³/mol. The second kappa shape index (κ2) is 9.25. The zero-order valence-corrected chi connectivity index (χ0v) is 18.6. The first-order valence-corrected chi connectivity index (χ1v) is 10.6. The maximum Gasteiger partial charge on any atom is 0.226 e. The van der Waals surface area contributed by atoms with Crippen LogP contribution in [0.5, 0.6) is 17.2 Å². The SMILES string of the molecule is COc1ccc(-c2cc(-c3ccc(OC)c(OC)c3)nc(N3CCC(C)CC3)n2)cc1. The molecular weight excluding hydrogens is 390 g/mol. The Hall–Kier alpha value is -3.28. The van der Waals surface area contributed by atoms with E-state index >= 15 is 0 Å². The standard InChI is InChI=1S/C25H29N3O3/c1-17-11-13-28(14-12-17)25-26-21(18-5-8-20(29-2)9-6-18)16-22(27-25)19-7-10-23(30-3)24(15-19)31-4/h5-10,15-17H,11-14H2,1-4H3. The van der Waals surface area contributed by atoms with Crippen molar-refractivity contribution in [3.63, 3.8) is 0 Å². The molecular formula is C25H29N3O3. The van der Waals surface area contributed by atoms with Gasteiger partial charge in [0.05, 0.1) is 32.7 Å². The average molecular weight is 420 g/mol. The van der Waals surface area contributed by atoms with Crippen LogP contribution in [0, 0.1) is 5.92 Å². The molecule has 0 saturated carbocycles. The third-order valence-electron chi connectivity index (χ3n) is 5.85. The molecule has 1 saturated heterocycles. The topological polar surface area (TPSA) is 56.7 Å². The minimum absolute atomic E-state index is 0.679. The van der Waals surface area contributed by atoms with E-state index in [1.807, 2.05) is 48.5 Å². The summed E-state index contributed by atoms with van der Waals surface area (Å²) in [6.07, 6.45) is 2.31. The van der Waals surface area contributed by atoms with Crippen molar-refractivity contribution in [3.8, 4) is 39.8 Å². The summed E-state index contributed by atoms with van der Waals surface area (Å²) in [4.78, 5) is 12.2. The van der Waals surface area contributed by atoms with Gasteiger partial charge in [-0.15, -0.1) is 0 Å². The van der Waals surface area contributed by atoms with Gasteiger partial charge < -0.3 is 19.1 Å². The van der Waals surface area contributed by atoms with Gasteiger partial charge in [-0.25, -0.2) is 9.97 Å². The molecule has 0 amide bonds. The Balaban J connectivity index is 1.79. The van der Waals surface area contributed by atoms with Gasteiger partial charge in [0.25, 0.3) is 0 Å². The minimum Gasteiger partial charge on any atom is -0.497 e. The van der Waals surface area contributed by atoms with Crippen molar-refractivity contribution in [1.82, 2.24) is 9.97 Å². The van der Waals surface area contributed by atoms with Gasteiger partial charge >= 0.3 is 0 Å². The van der Waals surface area contributed by atoms with Crippen LogP contribution in [0.4, 0.5) is 5.95 Å². The van der Waals surface area contributed by atoms with E-state index in [2.05, 4.69) is 11.8 Å². The lowest BCUT2D eigenvalue weighted by molar-refractivity contribution is 0.355. The fourth-order valence-electron chi connectivity index (χ4n) is 3.84. The average Bonchev–Trinajstić information content (AvgIpc) is 2.83. The summed E-state index contributed by atoms with van der Waals surface area (Å²) in [6, 6.07) is 15.9. The molecule has 4 rings (SSSR count). The molecule has 162 valence electrons. The lowest BCUT2D eigenvalue weighted by Crippen LogP contribution is -2.34.